The Balaban J connectivity index is 1.54. The molecule has 7 atom stereocenters. The topological polar surface area (TPSA) is 117 Å². The minimum atomic E-state index is -1.20. The summed E-state index contributed by atoms with van der Waals surface area (Å²) in [5.74, 6) is -2.09. The number of carbonyl (C=O) groups excluding carboxylic acids is 3. The zero-order valence-electron chi connectivity index (χ0n) is 25.3. The highest BCUT2D eigenvalue weighted by Crippen LogP contribution is 2.65. The SMILES string of the molecule is CCOc1ccc(NC(=O)[C@H]2[C@H]3C(=O)N([C@@H](CO)Cc4ccccc4)C(C(=O)NC(C)(C)C)C34CC(C)[C@]2(C)O4)cc1. The molecular weight excluding hydrogens is 534 g/mol. The van der Waals surface area contributed by atoms with Crippen molar-refractivity contribution in [2.24, 2.45) is 17.8 Å². The minimum absolute atomic E-state index is 0.0933. The van der Waals surface area contributed by atoms with E-state index >= 15 is 0 Å². The van der Waals surface area contributed by atoms with Gasteiger partial charge in [-0.3, -0.25) is 14.4 Å². The first-order chi connectivity index (χ1) is 19.8. The summed E-state index contributed by atoms with van der Waals surface area (Å²) in [5.41, 5.74) is -1.20. The number of carbonyl (C=O) groups is 3. The first-order valence-electron chi connectivity index (χ1n) is 14.9. The molecule has 3 N–H and O–H groups in total. The highest BCUT2D eigenvalue weighted by Gasteiger charge is 2.80. The molecule has 3 fully saturated rings. The molecule has 42 heavy (non-hydrogen) atoms. The van der Waals surface area contributed by atoms with Crippen LogP contribution in [0.4, 0.5) is 5.69 Å². The smallest absolute Gasteiger partial charge is 0.246 e. The summed E-state index contributed by atoms with van der Waals surface area (Å²) < 4.78 is 12.3. The fourth-order valence-electron chi connectivity index (χ4n) is 7.37. The fourth-order valence-corrected chi connectivity index (χ4v) is 7.37. The Bertz CT molecular complexity index is 1330. The maximum absolute atomic E-state index is 14.5. The normalized spacial score (nSPS) is 30.6. The first-order valence-corrected chi connectivity index (χ1v) is 14.9. The molecule has 3 unspecified atom stereocenters. The van der Waals surface area contributed by atoms with E-state index in [1.54, 1.807) is 24.3 Å². The summed E-state index contributed by atoms with van der Waals surface area (Å²) in [4.78, 5) is 44.2. The van der Waals surface area contributed by atoms with Crippen LogP contribution in [0.1, 0.15) is 53.5 Å². The molecule has 9 nitrogen and oxygen atoms in total. The second kappa shape index (κ2) is 11.0. The maximum atomic E-state index is 14.5. The van der Waals surface area contributed by atoms with E-state index in [0.29, 0.717) is 30.9 Å². The van der Waals surface area contributed by atoms with Crippen LogP contribution in [-0.2, 0) is 25.5 Å². The van der Waals surface area contributed by atoms with E-state index in [1.165, 1.54) is 4.90 Å². The number of aliphatic hydroxyl groups excluding tert-OH is 1. The van der Waals surface area contributed by atoms with Crippen LogP contribution < -0.4 is 15.4 Å². The van der Waals surface area contributed by atoms with E-state index in [1.807, 2.05) is 71.9 Å². The number of amides is 3. The number of hydrogen-bond donors (Lipinski definition) is 3. The Morgan fingerprint density at radius 3 is 2.38 bits per heavy atom. The van der Waals surface area contributed by atoms with Gasteiger partial charge in [-0.2, -0.15) is 0 Å². The maximum Gasteiger partial charge on any atom is 0.246 e. The zero-order chi connectivity index (χ0) is 30.4. The summed E-state index contributed by atoms with van der Waals surface area (Å²) in [7, 11) is 0. The van der Waals surface area contributed by atoms with Crippen molar-refractivity contribution in [3.05, 3.63) is 60.2 Å². The lowest BCUT2D eigenvalue weighted by Crippen LogP contribution is -2.60. The van der Waals surface area contributed by atoms with Crippen LogP contribution in [0.15, 0.2) is 54.6 Å². The van der Waals surface area contributed by atoms with Crippen LogP contribution in [0, 0.1) is 17.8 Å². The van der Waals surface area contributed by atoms with Gasteiger partial charge in [0.2, 0.25) is 17.7 Å². The van der Waals surface area contributed by atoms with Crippen LogP contribution in [0.3, 0.4) is 0 Å². The molecule has 2 aromatic carbocycles. The Morgan fingerprint density at radius 2 is 1.79 bits per heavy atom. The Morgan fingerprint density at radius 1 is 1.12 bits per heavy atom. The number of nitrogens with one attached hydrogen (secondary N) is 2. The van der Waals surface area contributed by atoms with Gasteiger partial charge in [-0.25, -0.2) is 0 Å². The largest absolute Gasteiger partial charge is 0.494 e. The molecule has 3 saturated heterocycles. The number of likely N-dealkylation sites (tertiary alicyclic amines) is 1. The summed E-state index contributed by atoms with van der Waals surface area (Å²) in [6, 6.07) is 15.0. The van der Waals surface area contributed by atoms with Crippen molar-refractivity contribution in [2.45, 2.75) is 83.2 Å². The number of hydrogen-bond acceptors (Lipinski definition) is 6. The molecule has 2 bridgehead atoms. The summed E-state index contributed by atoms with van der Waals surface area (Å²) in [6.45, 7) is 11.7. The van der Waals surface area contributed by atoms with Crippen molar-refractivity contribution in [1.82, 2.24) is 10.2 Å². The quantitative estimate of drug-likeness (QED) is 0.420. The third-order valence-electron chi connectivity index (χ3n) is 9.13. The molecule has 0 aliphatic carbocycles. The number of nitrogens with zero attached hydrogens (tertiary/aromatic N) is 1. The molecule has 3 amide bonds. The lowest BCUT2D eigenvalue weighted by atomic mass is 9.62. The molecule has 3 aliphatic rings. The molecule has 0 aromatic heterocycles. The summed E-state index contributed by atoms with van der Waals surface area (Å²) in [6.07, 6.45) is 0.815. The van der Waals surface area contributed by atoms with Gasteiger partial charge in [0.1, 0.15) is 17.4 Å². The van der Waals surface area contributed by atoms with E-state index in [0.717, 1.165) is 5.56 Å². The van der Waals surface area contributed by atoms with Gasteiger partial charge in [0, 0.05) is 11.2 Å². The molecule has 1 spiro atoms. The number of rotatable bonds is 9. The average Bonchev–Trinajstić information content (AvgIpc) is 3.44. The van der Waals surface area contributed by atoms with E-state index in [9.17, 15) is 19.5 Å². The Hall–Kier alpha value is -3.43. The molecule has 9 heteroatoms. The van der Waals surface area contributed by atoms with E-state index in [2.05, 4.69) is 10.6 Å². The second-order valence-electron chi connectivity index (χ2n) is 13.2. The molecule has 2 aromatic rings. The van der Waals surface area contributed by atoms with Gasteiger partial charge < -0.3 is 30.1 Å². The predicted octanol–water partition coefficient (Wildman–Crippen LogP) is 3.55. The van der Waals surface area contributed by atoms with Crippen molar-refractivity contribution in [1.29, 1.82) is 0 Å². The van der Waals surface area contributed by atoms with Gasteiger partial charge in [-0.1, -0.05) is 37.3 Å². The molecule has 226 valence electrons. The van der Waals surface area contributed by atoms with Crippen LogP contribution in [0.25, 0.3) is 0 Å². The van der Waals surface area contributed by atoms with Crippen LogP contribution in [-0.4, -0.2) is 69.8 Å². The van der Waals surface area contributed by atoms with Crippen LogP contribution in [0.2, 0.25) is 0 Å². The van der Waals surface area contributed by atoms with E-state index in [4.69, 9.17) is 9.47 Å². The number of fused-ring (bicyclic) bond motifs is 1. The van der Waals surface area contributed by atoms with Gasteiger partial charge in [-0.05, 0) is 83.2 Å². The lowest BCUT2D eigenvalue weighted by Gasteiger charge is -2.38. The van der Waals surface area contributed by atoms with Crippen molar-refractivity contribution in [2.75, 3.05) is 18.5 Å². The monoisotopic (exact) mass is 577 g/mol. The van der Waals surface area contributed by atoms with Gasteiger partial charge in [0.25, 0.3) is 0 Å². The molecule has 0 saturated carbocycles. The molecular formula is C33H43N3O6. The molecule has 3 aliphatic heterocycles. The zero-order valence-corrected chi connectivity index (χ0v) is 25.3. The van der Waals surface area contributed by atoms with Crippen LogP contribution in [0.5, 0.6) is 5.75 Å². The van der Waals surface area contributed by atoms with Crippen molar-refractivity contribution in [3.63, 3.8) is 0 Å². The molecule has 3 heterocycles. The first kappa shape index (κ1) is 30.0. The fraction of sp³-hybridized carbons (Fsp3) is 0.545. The van der Waals surface area contributed by atoms with Gasteiger partial charge in [0.15, 0.2) is 0 Å². The van der Waals surface area contributed by atoms with E-state index < -0.39 is 40.7 Å². The second-order valence-corrected chi connectivity index (χ2v) is 13.2. The van der Waals surface area contributed by atoms with Crippen LogP contribution >= 0.6 is 0 Å². The van der Waals surface area contributed by atoms with E-state index in [-0.39, 0.29) is 30.2 Å². The Kier molecular flexibility index (Phi) is 7.87. The summed E-state index contributed by atoms with van der Waals surface area (Å²) in [5, 5.41) is 16.7. The number of anilines is 1. The Labute approximate surface area is 248 Å². The minimum Gasteiger partial charge on any atom is -0.494 e. The lowest BCUT2D eigenvalue weighted by molar-refractivity contribution is -0.150. The third kappa shape index (κ3) is 5.07. The highest BCUT2D eigenvalue weighted by molar-refractivity contribution is 6.02. The summed E-state index contributed by atoms with van der Waals surface area (Å²) >= 11 is 0. The number of aliphatic hydroxyl groups is 1. The van der Waals surface area contributed by atoms with Crippen molar-refractivity contribution in [3.8, 4) is 5.75 Å². The highest BCUT2D eigenvalue weighted by atomic mass is 16.5. The third-order valence-corrected chi connectivity index (χ3v) is 9.13. The standard InChI is InChI=1S/C33H43N3O6/c1-7-41-24-15-13-22(14-16-24)34-28(38)25-26-30(40)36(23(19-37)17-21-11-9-8-10-12-21)27(29(39)35-31(3,4)5)33(26)18-20(2)32(25,6)42-33/h8-16,20,23,25-27,37H,7,17-19H2,1-6H3,(H,34,38)(H,35,39)/t20?,23-,25-,26+,27?,32+,33?/m1/s1. The van der Waals surface area contributed by atoms with Gasteiger partial charge >= 0.3 is 0 Å². The molecule has 5 rings (SSSR count). The van der Waals surface area contributed by atoms with Gasteiger partial charge in [0.05, 0.1) is 36.7 Å². The van der Waals surface area contributed by atoms with Crippen molar-refractivity contribution >= 4 is 23.4 Å². The molecule has 0 radical (unpaired) electrons. The van der Waals surface area contributed by atoms with Crippen molar-refractivity contribution < 1.29 is 29.0 Å². The predicted molar refractivity (Wildman–Crippen MR) is 159 cm³/mol. The van der Waals surface area contributed by atoms with Gasteiger partial charge in [-0.15, -0.1) is 0 Å². The average molecular weight is 578 g/mol. The number of benzene rings is 2. The number of ether oxygens (including phenoxy) is 2.